The van der Waals surface area contributed by atoms with Crippen LogP contribution in [0.5, 0.6) is 0 Å². The average Bonchev–Trinajstić information content (AvgIpc) is 2.95. The van der Waals surface area contributed by atoms with E-state index in [1.54, 1.807) is 6.07 Å². The molecule has 1 amide bonds. The van der Waals surface area contributed by atoms with E-state index in [9.17, 15) is 4.79 Å². The minimum absolute atomic E-state index is 0.130. The quantitative estimate of drug-likeness (QED) is 0.758. The van der Waals surface area contributed by atoms with Crippen LogP contribution in [-0.4, -0.2) is 33.7 Å². The summed E-state index contributed by atoms with van der Waals surface area (Å²) in [6.07, 6.45) is 6.99. The maximum atomic E-state index is 11.8. The van der Waals surface area contributed by atoms with Crippen molar-refractivity contribution in [3.05, 3.63) is 11.8 Å². The highest BCUT2D eigenvalue weighted by molar-refractivity contribution is 8.00. The minimum atomic E-state index is -0.130. The summed E-state index contributed by atoms with van der Waals surface area (Å²) in [5, 5.41) is 9.32. The van der Waals surface area contributed by atoms with Crippen LogP contribution in [0, 0.1) is 0 Å². The van der Waals surface area contributed by atoms with E-state index in [1.165, 1.54) is 25.7 Å². The second-order valence-corrected chi connectivity index (χ2v) is 5.76. The lowest BCUT2D eigenvalue weighted by Gasteiger charge is -2.26. The highest BCUT2D eigenvalue weighted by atomic mass is 32.2. The molecule has 6 heteroatoms. The minimum Gasteiger partial charge on any atom is -0.382 e. The van der Waals surface area contributed by atoms with Gasteiger partial charge in [-0.3, -0.25) is 9.89 Å². The lowest BCUT2D eigenvalue weighted by molar-refractivity contribution is 0.0944. The third-order valence-electron chi connectivity index (χ3n) is 3.36. The van der Waals surface area contributed by atoms with Crippen LogP contribution in [0.15, 0.2) is 6.07 Å². The Morgan fingerprint density at radius 1 is 1.65 bits per heavy atom. The molecule has 0 atom stereocenters. The van der Waals surface area contributed by atoms with Crippen molar-refractivity contribution in [3.8, 4) is 0 Å². The van der Waals surface area contributed by atoms with Crippen LogP contribution in [-0.2, 0) is 0 Å². The van der Waals surface area contributed by atoms with Gasteiger partial charge in [0.2, 0.25) is 0 Å². The van der Waals surface area contributed by atoms with E-state index in [1.807, 2.05) is 11.8 Å². The fourth-order valence-corrected chi connectivity index (χ4v) is 3.18. The molecule has 1 fully saturated rings. The number of carbonyl (C=O) groups excluding carboxylic acids is 1. The summed E-state index contributed by atoms with van der Waals surface area (Å²) in [5.41, 5.74) is 5.89. The summed E-state index contributed by atoms with van der Waals surface area (Å²) in [5.74, 6) is 0.213. The molecule has 1 heterocycles. The number of carbonyl (C=O) groups is 1. The molecule has 4 N–H and O–H groups in total. The first-order valence-electron chi connectivity index (χ1n) is 5.79. The predicted molar refractivity (Wildman–Crippen MR) is 70.0 cm³/mol. The number of aromatic amines is 1. The van der Waals surface area contributed by atoms with Crippen molar-refractivity contribution in [2.24, 2.45) is 0 Å². The number of H-pyrrole nitrogens is 1. The van der Waals surface area contributed by atoms with Gasteiger partial charge < -0.3 is 11.1 Å². The number of nitrogens with two attached hydrogens (primary N) is 1. The van der Waals surface area contributed by atoms with E-state index in [-0.39, 0.29) is 10.7 Å². The van der Waals surface area contributed by atoms with Crippen LogP contribution >= 0.6 is 11.8 Å². The number of aromatic nitrogens is 2. The Labute approximate surface area is 105 Å². The number of nitrogen functional groups attached to an aromatic ring is 1. The molecule has 1 aliphatic rings. The van der Waals surface area contributed by atoms with Gasteiger partial charge in [0, 0.05) is 17.4 Å². The standard InChI is InChI=1S/C11H18N4OS/c1-17-11(4-2-3-5-11)7-13-10(16)8-6-9(12)15-14-8/h6H,2-5,7H2,1H3,(H,13,16)(H3,12,14,15). The normalized spacial score (nSPS) is 18.2. The number of amides is 1. The maximum Gasteiger partial charge on any atom is 0.269 e. The third-order valence-corrected chi connectivity index (χ3v) is 4.78. The van der Waals surface area contributed by atoms with E-state index in [0.717, 1.165) is 0 Å². The van der Waals surface area contributed by atoms with Crippen molar-refractivity contribution in [1.29, 1.82) is 0 Å². The molecule has 2 rings (SSSR count). The number of nitrogens with zero attached hydrogens (tertiary/aromatic N) is 1. The number of thioether (sulfide) groups is 1. The average molecular weight is 254 g/mol. The molecule has 0 aromatic carbocycles. The summed E-state index contributed by atoms with van der Waals surface area (Å²) >= 11 is 1.86. The van der Waals surface area contributed by atoms with Crippen molar-refractivity contribution in [1.82, 2.24) is 15.5 Å². The van der Waals surface area contributed by atoms with Gasteiger partial charge in [0.15, 0.2) is 0 Å². The largest absolute Gasteiger partial charge is 0.382 e. The van der Waals surface area contributed by atoms with Crippen LogP contribution < -0.4 is 11.1 Å². The van der Waals surface area contributed by atoms with Crippen LogP contribution in [0.2, 0.25) is 0 Å². The summed E-state index contributed by atoms with van der Waals surface area (Å²) < 4.78 is 0.223. The second kappa shape index (κ2) is 5.00. The van der Waals surface area contributed by atoms with Crippen LogP contribution in [0.1, 0.15) is 36.2 Å². The van der Waals surface area contributed by atoms with E-state index >= 15 is 0 Å². The van der Waals surface area contributed by atoms with Gasteiger partial charge in [0.05, 0.1) is 0 Å². The molecule has 0 aliphatic heterocycles. The molecule has 1 aliphatic carbocycles. The van der Waals surface area contributed by atoms with Crippen molar-refractivity contribution >= 4 is 23.5 Å². The second-order valence-electron chi connectivity index (χ2n) is 4.48. The molecule has 0 unspecified atom stereocenters. The van der Waals surface area contributed by atoms with E-state index < -0.39 is 0 Å². The lowest BCUT2D eigenvalue weighted by atomic mass is 10.1. The SMILES string of the molecule is CSC1(CNC(=O)c2cc(N)n[nH]2)CCCC1. The van der Waals surface area contributed by atoms with E-state index in [0.29, 0.717) is 18.1 Å². The number of nitrogens with one attached hydrogen (secondary N) is 2. The van der Waals surface area contributed by atoms with Crippen molar-refractivity contribution in [2.75, 3.05) is 18.5 Å². The molecule has 1 aromatic rings. The predicted octanol–water partition coefficient (Wildman–Crippen LogP) is 1.40. The number of rotatable bonds is 4. The topological polar surface area (TPSA) is 83.8 Å². The Bertz CT molecular complexity index is 398. The van der Waals surface area contributed by atoms with Crippen LogP contribution in [0.25, 0.3) is 0 Å². The zero-order valence-electron chi connectivity index (χ0n) is 9.95. The van der Waals surface area contributed by atoms with Gasteiger partial charge in [-0.15, -0.1) is 0 Å². The summed E-state index contributed by atoms with van der Waals surface area (Å²) in [7, 11) is 0. The van der Waals surface area contributed by atoms with Gasteiger partial charge in [0.1, 0.15) is 11.5 Å². The van der Waals surface area contributed by atoms with Gasteiger partial charge in [-0.05, 0) is 19.1 Å². The monoisotopic (exact) mass is 254 g/mol. The first-order valence-corrected chi connectivity index (χ1v) is 7.02. The Morgan fingerprint density at radius 3 is 2.88 bits per heavy atom. The fraction of sp³-hybridized carbons (Fsp3) is 0.636. The summed E-state index contributed by atoms with van der Waals surface area (Å²) in [6.45, 7) is 0.714. The van der Waals surface area contributed by atoms with Crippen molar-refractivity contribution in [3.63, 3.8) is 0 Å². The zero-order valence-corrected chi connectivity index (χ0v) is 10.8. The fourth-order valence-electron chi connectivity index (χ4n) is 2.26. The maximum absolute atomic E-state index is 11.8. The first-order chi connectivity index (χ1) is 8.15. The Morgan fingerprint density at radius 2 is 2.35 bits per heavy atom. The number of hydrogen-bond acceptors (Lipinski definition) is 4. The van der Waals surface area contributed by atoms with Gasteiger partial charge in [-0.25, -0.2) is 0 Å². The number of hydrogen-bond donors (Lipinski definition) is 3. The van der Waals surface area contributed by atoms with Gasteiger partial charge >= 0.3 is 0 Å². The van der Waals surface area contributed by atoms with E-state index in [2.05, 4.69) is 21.8 Å². The third kappa shape index (κ3) is 2.74. The molecule has 5 nitrogen and oxygen atoms in total. The van der Waals surface area contributed by atoms with Gasteiger partial charge in [0.25, 0.3) is 5.91 Å². The Kier molecular flexibility index (Phi) is 3.61. The zero-order chi connectivity index (χ0) is 12.3. The Hall–Kier alpha value is -1.17. The molecule has 0 spiro atoms. The van der Waals surface area contributed by atoms with Crippen LogP contribution in [0.4, 0.5) is 5.82 Å². The summed E-state index contributed by atoms with van der Waals surface area (Å²) in [4.78, 5) is 11.8. The number of anilines is 1. The van der Waals surface area contributed by atoms with E-state index in [4.69, 9.17) is 5.73 Å². The van der Waals surface area contributed by atoms with Crippen molar-refractivity contribution in [2.45, 2.75) is 30.4 Å². The molecule has 1 saturated carbocycles. The molecule has 0 saturated heterocycles. The summed E-state index contributed by atoms with van der Waals surface area (Å²) in [6, 6.07) is 1.55. The highest BCUT2D eigenvalue weighted by Crippen LogP contribution is 2.39. The van der Waals surface area contributed by atoms with Gasteiger partial charge in [-0.1, -0.05) is 12.8 Å². The first kappa shape index (κ1) is 12.3. The molecule has 94 valence electrons. The van der Waals surface area contributed by atoms with Gasteiger partial charge in [-0.2, -0.15) is 16.9 Å². The smallest absolute Gasteiger partial charge is 0.269 e. The molecular weight excluding hydrogens is 236 g/mol. The highest BCUT2D eigenvalue weighted by Gasteiger charge is 2.33. The molecule has 0 bridgehead atoms. The molecule has 0 radical (unpaired) electrons. The lowest BCUT2D eigenvalue weighted by Crippen LogP contribution is -2.38. The molecule has 1 aromatic heterocycles. The van der Waals surface area contributed by atoms with Crippen LogP contribution in [0.3, 0.4) is 0 Å². The molecule has 17 heavy (non-hydrogen) atoms. The molecular formula is C11H18N4OS. The van der Waals surface area contributed by atoms with Crippen molar-refractivity contribution < 1.29 is 4.79 Å². The Balaban J connectivity index is 1.91.